The summed E-state index contributed by atoms with van der Waals surface area (Å²) in [6, 6.07) is 7.78. The number of rotatable bonds is 3. The van der Waals surface area contributed by atoms with E-state index >= 15 is 0 Å². The summed E-state index contributed by atoms with van der Waals surface area (Å²) < 4.78 is 0. The molecule has 1 N–H and O–H groups in total. The van der Waals surface area contributed by atoms with Crippen LogP contribution in [0.25, 0.3) is 11.3 Å². The van der Waals surface area contributed by atoms with Crippen LogP contribution in [0.1, 0.15) is 16.8 Å². The summed E-state index contributed by atoms with van der Waals surface area (Å²) in [5.41, 5.74) is 4.66. The third kappa shape index (κ3) is 2.71. The first-order valence-electron chi connectivity index (χ1n) is 5.66. The SMILES string of the molecule is Cc1ccc(-c2cc(CC(=O)O)ncn2)cc1C. The summed E-state index contributed by atoms with van der Waals surface area (Å²) in [5.74, 6) is -0.889. The smallest absolute Gasteiger partial charge is 0.309 e. The number of aryl methyl sites for hydroxylation is 2. The van der Waals surface area contributed by atoms with E-state index in [1.54, 1.807) is 6.07 Å². The number of carboxylic acids is 1. The molecule has 4 heteroatoms. The van der Waals surface area contributed by atoms with Gasteiger partial charge in [0.25, 0.3) is 0 Å². The minimum absolute atomic E-state index is 0.0830. The highest BCUT2D eigenvalue weighted by Crippen LogP contribution is 2.20. The lowest BCUT2D eigenvalue weighted by Crippen LogP contribution is -2.03. The van der Waals surface area contributed by atoms with Gasteiger partial charge >= 0.3 is 5.97 Å². The van der Waals surface area contributed by atoms with Crippen molar-refractivity contribution in [2.24, 2.45) is 0 Å². The van der Waals surface area contributed by atoms with Crippen LogP contribution < -0.4 is 0 Å². The van der Waals surface area contributed by atoms with Gasteiger partial charge < -0.3 is 5.11 Å². The molecule has 0 atom stereocenters. The summed E-state index contributed by atoms with van der Waals surface area (Å²) in [7, 11) is 0. The van der Waals surface area contributed by atoms with Crippen molar-refractivity contribution in [3.05, 3.63) is 47.4 Å². The maximum absolute atomic E-state index is 10.7. The molecule has 0 aliphatic carbocycles. The summed E-state index contributed by atoms with van der Waals surface area (Å²) in [6.07, 6.45) is 1.32. The zero-order valence-corrected chi connectivity index (χ0v) is 10.3. The van der Waals surface area contributed by atoms with E-state index in [2.05, 4.69) is 16.9 Å². The van der Waals surface area contributed by atoms with Crippen molar-refractivity contribution in [3.63, 3.8) is 0 Å². The number of hydrogen-bond acceptors (Lipinski definition) is 3. The van der Waals surface area contributed by atoms with Gasteiger partial charge in [0.2, 0.25) is 0 Å². The van der Waals surface area contributed by atoms with Gasteiger partial charge in [-0.25, -0.2) is 9.97 Å². The fourth-order valence-corrected chi connectivity index (χ4v) is 1.71. The molecule has 1 heterocycles. The minimum Gasteiger partial charge on any atom is -0.481 e. The highest BCUT2D eigenvalue weighted by molar-refractivity contribution is 5.70. The van der Waals surface area contributed by atoms with Crippen LogP contribution in [0.4, 0.5) is 0 Å². The van der Waals surface area contributed by atoms with E-state index in [1.165, 1.54) is 17.5 Å². The molecule has 0 aliphatic heterocycles. The highest BCUT2D eigenvalue weighted by Gasteiger charge is 2.06. The van der Waals surface area contributed by atoms with Gasteiger partial charge in [-0.15, -0.1) is 0 Å². The largest absolute Gasteiger partial charge is 0.481 e. The maximum atomic E-state index is 10.7. The van der Waals surface area contributed by atoms with Crippen molar-refractivity contribution in [1.82, 2.24) is 9.97 Å². The molecule has 1 aromatic heterocycles. The molecule has 0 aliphatic rings. The Morgan fingerprint density at radius 3 is 2.61 bits per heavy atom. The first-order chi connectivity index (χ1) is 8.56. The average molecular weight is 242 g/mol. The van der Waals surface area contributed by atoms with E-state index in [0.29, 0.717) is 5.69 Å². The molecule has 0 spiro atoms. The van der Waals surface area contributed by atoms with Gasteiger partial charge in [-0.2, -0.15) is 0 Å². The van der Waals surface area contributed by atoms with E-state index in [0.717, 1.165) is 11.3 Å². The molecule has 0 unspecified atom stereocenters. The van der Waals surface area contributed by atoms with Gasteiger partial charge in [-0.1, -0.05) is 12.1 Å². The molecular weight excluding hydrogens is 228 g/mol. The predicted octanol–water partition coefficient (Wildman–Crippen LogP) is 2.39. The molecule has 4 nitrogen and oxygen atoms in total. The first-order valence-corrected chi connectivity index (χ1v) is 5.66. The van der Waals surface area contributed by atoms with Crippen molar-refractivity contribution in [1.29, 1.82) is 0 Å². The Kier molecular flexibility index (Phi) is 3.37. The molecule has 2 aromatic rings. The van der Waals surface area contributed by atoms with Crippen LogP contribution >= 0.6 is 0 Å². The summed E-state index contributed by atoms with van der Waals surface area (Å²) in [4.78, 5) is 18.8. The van der Waals surface area contributed by atoms with Crippen LogP contribution in [-0.2, 0) is 11.2 Å². The fraction of sp³-hybridized carbons (Fsp3) is 0.214. The number of hydrogen-bond donors (Lipinski definition) is 1. The van der Waals surface area contributed by atoms with Crippen molar-refractivity contribution >= 4 is 5.97 Å². The van der Waals surface area contributed by atoms with Crippen LogP contribution in [0.2, 0.25) is 0 Å². The second-order valence-electron chi connectivity index (χ2n) is 4.26. The lowest BCUT2D eigenvalue weighted by Gasteiger charge is -2.05. The van der Waals surface area contributed by atoms with Crippen LogP contribution in [0.15, 0.2) is 30.6 Å². The summed E-state index contributed by atoms with van der Waals surface area (Å²) >= 11 is 0. The Morgan fingerprint density at radius 2 is 1.94 bits per heavy atom. The Balaban J connectivity index is 2.38. The quantitative estimate of drug-likeness (QED) is 0.897. The lowest BCUT2D eigenvalue weighted by atomic mass is 10.0. The second kappa shape index (κ2) is 4.96. The Hall–Kier alpha value is -2.23. The van der Waals surface area contributed by atoms with Gasteiger partial charge in [-0.3, -0.25) is 4.79 Å². The van der Waals surface area contributed by atoms with Crippen molar-refractivity contribution in [2.45, 2.75) is 20.3 Å². The molecular formula is C14H14N2O2. The van der Waals surface area contributed by atoms with E-state index in [-0.39, 0.29) is 6.42 Å². The van der Waals surface area contributed by atoms with Crippen molar-refractivity contribution in [2.75, 3.05) is 0 Å². The number of aliphatic carboxylic acids is 1. The summed E-state index contributed by atoms with van der Waals surface area (Å²) in [5, 5.41) is 8.75. The van der Waals surface area contributed by atoms with Crippen LogP contribution in [0.3, 0.4) is 0 Å². The number of aromatic nitrogens is 2. The van der Waals surface area contributed by atoms with Crippen molar-refractivity contribution in [3.8, 4) is 11.3 Å². The number of carbonyl (C=O) groups is 1. The zero-order valence-electron chi connectivity index (χ0n) is 10.3. The van der Waals surface area contributed by atoms with Gasteiger partial charge in [0.1, 0.15) is 6.33 Å². The third-order valence-corrected chi connectivity index (χ3v) is 2.86. The monoisotopic (exact) mass is 242 g/mol. The predicted molar refractivity (Wildman–Crippen MR) is 68.3 cm³/mol. The average Bonchev–Trinajstić information content (AvgIpc) is 2.32. The normalized spacial score (nSPS) is 10.3. The van der Waals surface area contributed by atoms with Gasteiger partial charge in [0, 0.05) is 5.56 Å². The summed E-state index contributed by atoms with van der Waals surface area (Å²) in [6.45, 7) is 4.09. The Labute approximate surface area is 105 Å². The van der Waals surface area contributed by atoms with E-state index in [1.807, 2.05) is 25.1 Å². The first kappa shape index (κ1) is 12.2. The van der Waals surface area contributed by atoms with Gasteiger partial charge in [-0.05, 0) is 37.1 Å². The maximum Gasteiger partial charge on any atom is 0.309 e. The molecule has 2 rings (SSSR count). The van der Waals surface area contributed by atoms with Gasteiger partial charge in [0.05, 0.1) is 17.8 Å². The van der Waals surface area contributed by atoms with Crippen molar-refractivity contribution < 1.29 is 9.90 Å². The van der Waals surface area contributed by atoms with Crippen LogP contribution in [0.5, 0.6) is 0 Å². The number of benzene rings is 1. The Morgan fingerprint density at radius 1 is 1.17 bits per heavy atom. The fourth-order valence-electron chi connectivity index (χ4n) is 1.71. The second-order valence-corrected chi connectivity index (χ2v) is 4.26. The van der Waals surface area contributed by atoms with E-state index in [4.69, 9.17) is 5.11 Å². The highest BCUT2D eigenvalue weighted by atomic mass is 16.4. The Bertz CT molecular complexity index is 594. The molecule has 0 fully saturated rings. The third-order valence-electron chi connectivity index (χ3n) is 2.86. The topological polar surface area (TPSA) is 63.1 Å². The molecule has 0 amide bonds. The lowest BCUT2D eigenvalue weighted by molar-refractivity contribution is -0.136. The molecule has 0 radical (unpaired) electrons. The van der Waals surface area contributed by atoms with Crippen LogP contribution in [-0.4, -0.2) is 21.0 Å². The minimum atomic E-state index is -0.889. The van der Waals surface area contributed by atoms with E-state index in [9.17, 15) is 4.79 Å². The van der Waals surface area contributed by atoms with Gasteiger partial charge in [0.15, 0.2) is 0 Å². The molecule has 0 saturated carbocycles. The zero-order chi connectivity index (χ0) is 13.1. The number of carboxylic acid groups (broad SMARTS) is 1. The molecule has 0 saturated heterocycles. The molecule has 1 aromatic carbocycles. The molecule has 0 bridgehead atoms. The molecule has 18 heavy (non-hydrogen) atoms. The van der Waals surface area contributed by atoms with E-state index < -0.39 is 5.97 Å². The molecule has 92 valence electrons. The standard InChI is InChI=1S/C14H14N2O2/c1-9-3-4-11(5-10(9)2)13-6-12(7-14(17)18)15-8-16-13/h3-6,8H,7H2,1-2H3,(H,17,18). The van der Waals surface area contributed by atoms with Crippen LogP contribution in [0, 0.1) is 13.8 Å². The number of nitrogens with zero attached hydrogens (tertiary/aromatic N) is 2.